The first-order valence-electron chi connectivity index (χ1n) is 6.43. The van der Waals surface area contributed by atoms with E-state index in [4.69, 9.17) is 20.9 Å². The minimum absolute atomic E-state index is 0.105. The smallest absolute Gasteiger partial charge is 0.262 e. The third-order valence-electron chi connectivity index (χ3n) is 3.16. The van der Waals surface area contributed by atoms with E-state index in [0.29, 0.717) is 33.6 Å². The van der Waals surface area contributed by atoms with Crippen molar-refractivity contribution < 1.29 is 9.26 Å². The van der Waals surface area contributed by atoms with E-state index in [1.54, 1.807) is 44.6 Å². The SMILES string of the molecule is COc1cc(Cl)ccc1-c1nc(-c2ccc(=O)n(C)c2)no1. The van der Waals surface area contributed by atoms with Crippen LogP contribution in [0.3, 0.4) is 0 Å². The summed E-state index contributed by atoms with van der Waals surface area (Å²) >= 11 is 5.94. The summed E-state index contributed by atoms with van der Waals surface area (Å²) in [6.45, 7) is 0. The van der Waals surface area contributed by atoms with Crippen LogP contribution in [0.2, 0.25) is 5.02 Å². The van der Waals surface area contributed by atoms with Crippen molar-refractivity contribution in [3.63, 3.8) is 0 Å². The van der Waals surface area contributed by atoms with Gasteiger partial charge in [-0.25, -0.2) is 0 Å². The Hall–Kier alpha value is -2.60. The van der Waals surface area contributed by atoms with Gasteiger partial charge in [-0.2, -0.15) is 4.98 Å². The number of hydrogen-bond donors (Lipinski definition) is 0. The average molecular weight is 318 g/mol. The number of halogens is 1. The minimum atomic E-state index is -0.105. The van der Waals surface area contributed by atoms with E-state index in [0.717, 1.165) is 0 Å². The number of methoxy groups -OCH3 is 1. The lowest BCUT2D eigenvalue weighted by Gasteiger charge is -2.04. The second-order valence-corrected chi connectivity index (χ2v) is 5.07. The molecule has 3 rings (SSSR count). The molecule has 0 amide bonds. The molecular formula is C15H12ClN3O3. The lowest BCUT2D eigenvalue weighted by molar-refractivity contribution is 0.405. The average Bonchev–Trinajstić information content (AvgIpc) is 2.99. The van der Waals surface area contributed by atoms with Gasteiger partial charge in [-0.05, 0) is 24.3 Å². The Bertz CT molecular complexity index is 886. The molecule has 0 spiro atoms. The molecule has 0 aliphatic carbocycles. The standard InChI is InChI=1S/C15H12ClN3O3/c1-19-8-9(3-6-13(19)20)14-17-15(22-18-14)11-5-4-10(16)7-12(11)21-2/h3-8H,1-2H3. The maximum atomic E-state index is 11.4. The zero-order chi connectivity index (χ0) is 15.7. The highest BCUT2D eigenvalue weighted by Crippen LogP contribution is 2.32. The van der Waals surface area contributed by atoms with Crippen LogP contribution in [0.1, 0.15) is 0 Å². The maximum absolute atomic E-state index is 11.4. The Labute approximate surface area is 130 Å². The monoisotopic (exact) mass is 317 g/mol. The van der Waals surface area contributed by atoms with Gasteiger partial charge in [-0.1, -0.05) is 16.8 Å². The van der Waals surface area contributed by atoms with Gasteiger partial charge in [0, 0.05) is 29.9 Å². The van der Waals surface area contributed by atoms with E-state index < -0.39 is 0 Å². The third-order valence-corrected chi connectivity index (χ3v) is 3.40. The van der Waals surface area contributed by atoms with Crippen LogP contribution in [0.25, 0.3) is 22.8 Å². The summed E-state index contributed by atoms with van der Waals surface area (Å²) < 4.78 is 12.0. The summed E-state index contributed by atoms with van der Waals surface area (Å²) in [4.78, 5) is 15.8. The van der Waals surface area contributed by atoms with Crippen LogP contribution in [0, 0.1) is 0 Å². The molecular weight excluding hydrogens is 306 g/mol. The fraction of sp³-hybridized carbons (Fsp3) is 0.133. The molecule has 0 unspecified atom stereocenters. The van der Waals surface area contributed by atoms with Crippen molar-refractivity contribution in [2.24, 2.45) is 7.05 Å². The van der Waals surface area contributed by atoms with Crippen molar-refractivity contribution in [3.05, 3.63) is 51.9 Å². The molecule has 2 aromatic heterocycles. The number of hydrogen-bond acceptors (Lipinski definition) is 5. The first-order valence-corrected chi connectivity index (χ1v) is 6.81. The number of ether oxygens (including phenoxy) is 1. The number of rotatable bonds is 3. The molecule has 0 radical (unpaired) electrons. The van der Waals surface area contributed by atoms with Crippen LogP contribution in [0.4, 0.5) is 0 Å². The molecule has 6 nitrogen and oxygen atoms in total. The van der Waals surface area contributed by atoms with Gasteiger partial charge < -0.3 is 13.8 Å². The predicted molar refractivity (Wildman–Crippen MR) is 82.0 cm³/mol. The summed E-state index contributed by atoms with van der Waals surface area (Å²) in [7, 11) is 3.20. The summed E-state index contributed by atoms with van der Waals surface area (Å²) in [5, 5.41) is 4.50. The topological polar surface area (TPSA) is 70.2 Å². The fourth-order valence-corrected chi connectivity index (χ4v) is 2.18. The number of aromatic nitrogens is 3. The third kappa shape index (κ3) is 2.60. The lowest BCUT2D eigenvalue weighted by atomic mass is 10.2. The van der Waals surface area contributed by atoms with Gasteiger partial charge in [0.15, 0.2) is 0 Å². The van der Waals surface area contributed by atoms with Gasteiger partial charge in [0.25, 0.3) is 5.89 Å². The van der Waals surface area contributed by atoms with Crippen LogP contribution < -0.4 is 10.3 Å². The molecule has 0 fully saturated rings. The fourth-order valence-electron chi connectivity index (χ4n) is 2.02. The molecule has 0 atom stereocenters. The number of pyridine rings is 1. The normalized spacial score (nSPS) is 10.7. The molecule has 0 N–H and O–H groups in total. The largest absolute Gasteiger partial charge is 0.496 e. The van der Waals surface area contributed by atoms with Gasteiger partial charge >= 0.3 is 0 Å². The van der Waals surface area contributed by atoms with Crippen LogP contribution >= 0.6 is 11.6 Å². The van der Waals surface area contributed by atoms with Crippen molar-refractivity contribution in [2.75, 3.05) is 7.11 Å². The number of benzene rings is 1. The van der Waals surface area contributed by atoms with Crippen LogP contribution in [-0.2, 0) is 7.05 Å². The highest BCUT2D eigenvalue weighted by Gasteiger charge is 2.15. The van der Waals surface area contributed by atoms with E-state index in [-0.39, 0.29) is 5.56 Å². The second-order valence-electron chi connectivity index (χ2n) is 4.63. The van der Waals surface area contributed by atoms with E-state index in [1.807, 2.05) is 0 Å². The maximum Gasteiger partial charge on any atom is 0.262 e. The Morgan fingerprint density at radius 1 is 1.27 bits per heavy atom. The van der Waals surface area contributed by atoms with Gasteiger partial charge in [-0.3, -0.25) is 4.79 Å². The Balaban J connectivity index is 2.04. The van der Waals surface area contributed by atoms with Crippen molar-refractivity contribution in [3.8, 4) is 28.6 Å². The van der Waals surface area contributed by atoms with Crippen LogP contribution in [-0.4, -0.2) is 21.8 Å². The molecule has 0 aliphatic heterocycles. The van der Waals surface area contributed by atoms with E-state index in [1.165, 1.54) is 10.6 Å². The van der Waals surface area contributed by atoms with Crippen molar-refractivity contribution in [1.29, 1.82) is 0 Å². The van der Waals surface area contributed by atoms with Crippen molar-refractivity contribution in [1.82, 2.24) is 14.7 Å². The van der Waals surface area contributed by atoms with Crippen LogP contribution in [0.5, 0.6) is 5.75 Å². The van der Waals surface area contributed by atoms with Gasteiger partial charge in [0.2, 0.25) is 11.4 Å². The molecule has 112 valence electrons. The summed E-state index contributed by atoms with van der Waals surface area (Å²) in [6.07, 6.45) is 1.65. The number of aryl methyl sites for hydroxylation is 1. The minimum Gasteiger partial charge on any atom is -0.496 e. The number of nitrogens with zero attached hydrogens (tertiary/aromatic N) is 3. The van der Waals surface area contributed by atoms with Crippen molar-refractivity contribution >= 4 is 11.6 Å². The summed E-state index contributed by atoms with van der Waals surface area (Å²) in [6, 6.07) is 8.24. The predicted octanol–water partition coefficient (Wildman–Crippen LogP) is 2.76. The van der Waals surface area contributed by atoms with E-state index >= 15 is 0 Å². The highest BCUT2D eigenvalue weighted by atomic mass is 35.5. The molecule has 2 heterocycles. The Morgan fingerprint density at radius 2 is 2.09 bits per heavy atom. The summed E-state index contributed by atoms with van der Waals surface area (Å²) in [5.74, 6) is 1.25. The first-order chi connectivity index (χ1) is 10.6. The zero-order valence-electron chi connectivity index (χ0n) is 11.9. The first kappa shape index (κ1) is 14.3. The highest BCUT2D eigenvalue weighted by molar-refractivity contribution is 6.30. The Kier molecular flexibility index (Phi) is 3.68. The van der Waals surface area contributed by atoms with E-state index in [9.17, 15) is 4.79 Å². The van der Waals surface area contributed by atoms with Gasteiger partial charge in [0.05, 0.1) is 12.7 Å². The molecule has 22 heavy (non-hydrogen) atoms. The quantitative estimate of drug-likeness (QED) is 0.743. The molecule has 1 aromatic carbocycles. The molecule has 0 aliphatic rings. The van der Waals surface area contributed by atoms with Gasteiger partial charge in [0.1, 0.15) is 5.75 Å². The zero-order valence-corrected chi connectivity index (χ0v) is 12.7. The Morgan fingerprint density at radius 3 is 2.82 bits per heavy atom. The second kappa shape index (κ2) is 5.65. The van der Waals surface area contributed by atoms with Crippen LogP contribution in [0.15, 0.2) is 45.8 Å². The summed E-state index contributed by atoms with van der Waals surface area (Å²) in [5.41, 5.74) is 1.23. The lowest BCUT2D eigenvalue weighted by Crippen LogP contribution is -2.14. The molecule has 0 bridgehead atoms. The van der Waals surface area contributed by atoms with Gasteiger partial charge in [-0.15, -0.1) is 0 Å². The molecule has 0 saturated carbocycles. The van der Waals surface area contributed by atoms with Crippen molar-refractivity contribution in [2.45, 2.75) is 0 Å². The van der Waals surface area contributed by atoms with E-state index in [2.05, 4.69) is 10.1 Å². The molecule has 7 heteroatoms. The molecule has 3 aromatic rings. The molecule has 0 saturated heterocycles.